The van der Waals surface area contributed by atoms with Gasteiger partial charge in [-0.2, -0.15) is 13.2 Å². The lowest BCUT2D eigenvalue weighted by molar-refractivity contribution is -0.136. The second-order valence-electron chi connectivity index (χ2n) is 7.32. The molecule has 1 aromatic carbocycles. The molecule has 8 nitrogen and oxygen atoms in total. The minimum atomic E-state index is -4.83. The molecule has 3 aromatic rings. The predicted octanol–water partition coefficient (Wildman–Crippen LogP) is 2.68. The smallest absolute Gasteiger partial charge is 0.418 e. The van der Waals surface area contributed by atoms with E-state index in [1.54, 1.807) is 0 Å². The summed E-state index contributed by atoms with van der Waals surface area (Å²) >= 11 is 0. The van der Waals surface area contributed by atoms with Crippen molar-refractivity contribution < 1.29 is 37.6 Å². The maximum absolute atomic E-state index is 13.9. The maximum Gasteiger partial charge on any atom is 0.418 e. The zero-order valence-corrected chi connectivity index (χ0v) is 17.2. The van der Waals surface area contributed by atoms with E-state index in [4.69, 9.17) is 9.15 Å². The van der Waals surface area contributed by atoms with Gasteiger partial charge in [-0.05, 0) is 38.1 Å². The SMILES string of the molecule is CC(OC(CO)[C@@H](C)O)[C@@H](O)Nc1ccc2c(C(F)(F)F)c(-c3ccc[nH]3)c(=O)oc2c1. The van der Waals surface area contributed by atoms with Crippen molar-refractivity contribution in [2.24, 2.45) is 0 Å². The lowest BCUT2D eigenvalue weighted by Crippen LogP contribution is -2.40. The highest BCUT2D eigenvalue weighted by molar-refractivity contribution is 5.89. The fourth-order valence-electron chi connectivity index (χ4n) is 3.26. The van der Waals surface area contributed by atoms with E-state index in [0.717, 1.165) is 6.07 Å². The molecule has 11 heteroatoms. The highest BCUT2D eigenvalue weighted by atomic mass is 19.4. The number of anilines is 1. The molecule has 2 unspecified atom stereocenters. The Bertz CT molecular complexity index is 1110. The molecule has 2 heterocycles. The van der Waals surface area contributed by atoms with Gasteiger partial charge in [0.15, 0.2) is 6.23 Å². The molecule has 0 saturated carbocycles. The minimum absolute atomic E-state index is 0.0203. The molecular formula is C21H23F3N2O6. The Hall–Kier alpha value is -2.86. The minimum Gasteiger partial charge on any atom is -0.422 e. The van der Waals surface area contributed by atoms with Gasteiger partial charge in [0, 0.05) is 23.3 Å². The van der Waals surface area contributed by atoms with Crippen LogP contribution < -0.4 is 10.9 Å². The molecule has 0 saturated heterocycles. The fraction of sp³-hybridized carbons (Fsp3) is 0.381. The molecule has 0 aliphatic rings. The van der Waals surface area contributed by atoms with Crippen LogP contribution in [0.3, 0.4) is 0 Å². The lowest BCUT2D eigenvalue weighted by Gasteiger charge is -2.27. The van der Waals surface area contributed by atoms with Crippen LogP contribution in [-0.2, 0) is 10.9 Å². The first kappa shape index (κ1) is 23.8. The van der Waals surface area contributed by atoms with E-state index >= 15 is 0 Å². The predicted molar refractivity (Wildman–Crippen MR) is 110 cm³/mol. The van der Waals surface area contributed by atoms with E-state index in [0.29, 0.717) is 0 Å². The van der Waals surface area contributed by atoms with E-state index in [9.17, 15) is 33.3 Å². The number of aliphatic hydroxyl groups is 3. The molecule has 2 aromatic heterocycles. The van der Waals surface area contributed by atoms with Crippen LogP contribution >= 0.6 is 0 Å². The van der Waals surface area contributed by atoms with Gasteiger partial charge in [0.05, 0.1) is 35.6 Å². The summed E-state index contributed by atoms with van der Waals surface area (Å²) in [7, 11) is 0. The molecule has 4 atom stereocenters. The number of ether oxygens (including phenoxy) is 1. The number of aliphatic hydroxyl groups excluding tert-OH is 3. The average molecular weight is 456 g/mol. The average Bonchev–Trinajstić information content (AvgIpc) is 3.23. The number of fused-ring (bicyclic) bond motifs is 1. The van der Waals surface area contributed by atoms with Crippen molar-refractivity contribution >= 4 is 16.7 Å². The van der Waals surface area contributed by atoms with Gasteiger partial charge in [0.1, 0.15) is 11.7 Å². The number of H-pyrrole nitrogens is 1. The molecule has 0 spiro atoms. The summed E-state index contributed by atoms with van der Waals surface area (Å²) in [6.45, 7) is 2.42. The monoisotopic (exact) mass is 456 g/mol. The summed E-state index contributed by atoms with van der Waals surface area (Å²) in [6, 6.07) is 6.41. The van der Waals surface area contributed by atoms with Crippen molar-refractivity contribution in [2.45, 2.75) is 44.6 Å². The first-order valence-electron chi connectivity index (χ1n) is 9.73. The van der Waals surface area contributed by atoms with Crippen LogP contribution in [0.25, 0.3) is 22.2 Å². The van der Waals surface area contributed by atoms with E-state index in [-0.39, 0.29) is 22.4 Å². The highest BCUT2D eigenvalue weighted by Crippen LogP contribution is 2.40. The maximum atomic E-state index is 13.9. The number of aromatic nitrogens is 1. The van der Waals surface area contributed by atoms with Crippen LogP contribution in [0.15, 0.2) is 45.7 Å². The highest BCUT2D eigenvalue weighted by Gasteiger charge is 2.38. The quantitative estimate of drug-likeness (QED) is 0.260. The van der Waals surface area contributed by atoms with Crippen molar-refractivity contribution in [3.63, 3.8) is 0 Å². The Labute approximate surface area is 180 Å². The normalized spacial score (nSPS) is 16.0. The molecule has 3 rings (SSSR count). The third-order valence-corrected chi connectivity index (χ3v) is 4.93. The van der Waals surface area contributed by atoms with Gasteiger partial charge in [0.2, 0.25) is 0 Å². The van der Waals surface area contributed by atoms with E-state index in [1.165, 1.54) is 44.3 Å². The van der Waals surface area contributed by atoms with Crippen molar-refractivity contribution in [2.75, 3.05) is 11.9 Å². The van der Waals surface area contributed by atoms with Gasteiger partial charge in [-0.15, -0.1) is 0 Å². The molecule has 0 amide bonds. The summed E-state index contributed by atoms with van der Waals surface area (Å²) in [5.41, 5.74) is -3.08. The zero-order valence-electron chi connectivity index (χ0n) is 17.2. The number of alkyl halides is 3. The van der Waals surface area contributed by atoms with Gasteiger partial charge in [-0.3, -0.25) is 0 Å². The van der Waals surface area contributed by atoms with Crippen LogP contribution in [0.2, 0.25) is 0 Å². The van der Waals surface area contributed by atoms with Gasteiger partial charge >= 0.3 is 11.8 Å². The molecule has 0 aliphatic heterocycles. The molecule has 0 aliphatic carbocycles. The Kier molecular flexibility index (Phi) is 6.94. The van der Waals surface area contributed by atoms with Gasteiger partial charge in [-0.1, -0.05) is 0 Å². The van der Waals surface area contributed by atoms with Crippen molar-refractivity contribution in [1.29, 1.82) is 0 Å². The molecule has 0 bridgehead atoms. The summed E-state index contributed by atoms with van der Waals surface area (Å²) in [4.78, 5) is 15.0. The van der Waals surface area contributed by atoms with Gasteiger partial charge < -0.3 is 34.8 Å². The zero-order chi connectivity index (χ0) is 23.6. The van der Waals surface area contributed by atoms with Crippen LogP contribution in [0, 0.1) is 0 Å². The first-order valence-corrected chi connectivity index (χ1v) is 9.73. The van der Waals surface area contributed by atoms with E-state index < -0.39 is 54.1 Å². The van der Waals surface area contributed by atoms with Crippen LogP contribution in [0.1, 0.15) is 19.4 Å². The van der Waals surface area contributed by atoms with Crippen molar-refractivity contribution in [3.8, 4) is 11.3 Å². The Morgan fingerprint density at radius 3 is 2.50 bits per heavy atom. The second-order valence-corrected chi connectivity index (χ2v) is 7.32. The third kappa shape index (κ3) is 4.96. The summed E-state index contributed by atoms with van der Waals surface area (Å²) in [5, 5.41) is 31.4. The molecule has 5 N–H and O–H groups in total. The molecule has 174 valence electrons. The Morgan fingerprint density at radius 2 is 1.94 bits per heavy atom. The summed E-state index contributed by atoms with van der Waals surface area (Å²) in [6.07, 6.45) is -7.59. The third-order valence-electron chi connectivity index (χ3n) is 4.93. The van der Waals surface area contributed by atoms with Crippen molar-refractivity contribution in [3.05, 3.63) is 52.5 Å². The van der Waals surface area contributed by atoms with Crippen LogP contribution in [0.4, 0.5) is 18.9 Å². The largest absolute Gasteiger partial charge is 0.422 e. The standard InChI is InChI=1S/C21H23F3N2O6/c1-10(28)16(9-27)31-11(2)19(29)26-12-5-6-13-15(8-12)32-20(30)17(14-4-3-7-25-14)18(13)21(22,23)24/h3-8,10-11,16,19,25-29H,9H2,1-2H3/t10-,11?,16?,19-/m1/s1. The van der Waals surface area contributed by atoms with Crippen molar-refractivity contribution in [1.82, 2.24) is 4.98 Å². The molecule has 32 heavy (non-hydrogen) atoms. The number of benzene rings is 1. The summed E-state index contributed by atoms with van der Waals surface area (Å²) < 4.78 is 52.2. The fourth-order valence-corrected chi connectivity index (χ4v) is 3.26. The lowest BCUT2D eigenvalue weighted by atomic mass is 10.0. The number of nitrogens with one attached hydrogen (secondary N) is 2. The number of aromatic amines is 1. The van der Waals surface area contributed by atoms with Gasteiger partial charge in [0.25, 0.3) is 0 Å². The number of hydrogen-bond donors (Lipinski definition) is 5. The first-order chi connectivity index (χ1) is 15.0. The second kappa shape index (κ2) is 9.33. The van der Waals surface area contributed by atoms with Crippen LogP contribution in [-0.4, -0.2) is 51.5 Å². The van der Waals surface area contributed by atoms with E-state index in [1.807, 2.05) is 0 Å². The van der Waals surface area contributed by atoms with Gasteiger partial charge in [-0.25, -0.2) is 4.79 Å². The van der Waals surface area contributed by atoms with Crippen LogP contribution in [0.5, 0.6) is 0 Å². The Balaban J connectivity index is 1.96. The molecular weight excluding hydrogens is 433 g/mol. The number of halogens is 3. The topological polar surface area (TPSA) is 128 Å². The molecule has 0 radical (unpaired) electrons. The molecule has 0 fully saturated rings. The number of hydrogen-bond acceptors (Lipinski definition) is 7. The number of rotatable bonds is 8. The Morgan fingerprint density at radius 1 is 1.22 bits per heavy atom. The van der Waals surface area contributed by atoms with E-state index in [2.05, 4.69) is 10.3 Å². The summed E-state index contributed by atoms with van der Waals surface area (Å²) in [5.74, 6) is 0.